The first-order valence-corrected chi connectivity index (χ1v) is 3.28. The van der Waals surface area contributed by atoms with Crippen LogP contribution in [0.5, 0.6) is 0 Å². The van der Waals surface area contributed by atoms with Gasteiger partial charge in [0.15, 0.2) is 6.29 Å². The van der Waals surface area contributed by atoms with E-state index in [1.807, 2.05) is 0 Å². The van der Waals surface area contributed by atoms with Crippen molar-refractivity contribution < 1.29 is 4.79 Å². The topological polar surface area (TPSA) is 72.1 Å². The van der Waals surface area contributed by atoms with Crippen LogP contribution >= 0.6 is 0 Å². The zero-order valence-corrected chi connectivity index (χ0v) is 5.74. The van der Waals surface area contributed by atoms with Gasteiger partial charge in [0.25, 0.3) is 5.91 Å². The molecule has 58 valence electrons. The number of aromatic nitrogens is 1. The Bertz CT molecular complexity index is 293. The van der Waals surface area contributed by atoms with Gasteiger partial charge >= 0.3 is 0 Å². The Morgan fingerprint density at radius 3 is 3.27 bits per heavy atom. The van der Waals surface area contributed by atoms with Crippen molar-refractivity contribution in [3.05, 3.63) is 24.0 Å². The summed E-state index contributed by atoms with van der Waals surface area (Å²) in [4.78, 5) is 11.1. The minimum Gasteiger partial charge on any atom is -0.317 e. The van der Waals surface area contributed by atoms with E-state index in [4.69, 9.17) is 5.73 Å². The third-order valence-corrected chi connectivity index (χ3v) is 1.55. The third kappa shape index (κ3) is 0.857. The normalized spacial score (nSPS) is 21.9. The Balaban J connectivity index is 2.44. The van der Waals surface area contributed by atoms with Gasteiger partial charge in [0.1, 0.15) is 5.69 Å². The van der Waals surface area contributed by atoms with Gasteiger partial charge in [-0.05, 0) is 12.1 Å². The van der Waals surface area contributed by atoms with Crippen molar-refractivity contribution in [3.8, 4) is 0 Å². The fourth-order valence-electron chi connectivity index (χ4n) is 1.08. The minimum atomic E-state index is -0.498. The summed E-state index contributed by atoms with van der Waals surface area (Å²) in [7, 11) is 0. The van der Waals surface area contributed by atoms with E-state index in [9.17, 15) is 4.79 Å². The van der Waals surface area contributed by atoms with E-state index in [0.29, 0.717) is 5.69 Å². The molecule has 4 N–H and O–H groups in total. The molecule has 0 radical (unpaired) electrons. The smallest absolute Gasteiger partial charge is 0.272 e. The van der Waals surface area contributed by atoms with Crippen LogP contribution in [0.25, 0.3) is 0 Å². The van der Waals surface area contributed by atoms with E-state index in [1.165, 1.54) is 0 Å². The Labute approximate surface area is 63.1 Å². The summed E-state index contributed by atoms with van der Waals surface area (Å²) in [6.07, 6.45) is 1.25. The molecule has 0 fully saturated rings. The van der Waals surface area contributed by atoms with Crippen LogP contribution in [0.2, 0.25) is 0 Å². The van der Waals surface area contributed by atoms with Crippen LogP contribution in [-0.2, 0) is 0 Å². The van der Waals surface area contributed by atoms with Crippen molar-refractivity contribution in [2.24, 2.45) is 5.73 Å². The molecule has 1 atom stereocenters. The summed E-state index contributed by atoms with van der Waals surface area (Å²) in [5, 5.41) is 2.53. The van der Waals surface area contributed by atoms with Gasteiger partial charge in [0.2, 0.25) is 0 Å². The number of nitrogens with two attached hydrogens (primary N) is 1. The number of nitrogens with one attached hydrogen (secondary N) is 2. The van der Waals surface area contributed by atoms with E-state index < -0.39 is 6.29 Å². The zero-order valence-electron chi connectivity index (χ0n) is 5.74. The van der Waals surface area contributed by atoms with Crippen LogP contribution in [0, 0.1) is 0 Å². The molecule has 0 bridgehead atoms. The highest BCUT2D eigenvalue weighted by molar-refractivity contribution is 5.93. The van der Waals surface area contributed by atoms with Gasteiger partial charge in [-0.2, -0.15) is 0 Å². The third-order valence-electron chi connectivity index (χ3n) is 1.55. The maximum absolute atomic E-state index is 11.1. The Morgan fingerprint density at radius 1 is 1.64 bits per heavy atom. The molecule has 5 heteroatoms. The lowest BCUT2D eigenvalue weighted by Gasteiger charge is -2.24. The van der Waals surface area contributed by atoms with Crippen molar-refractivity contribution in [1.29, 1.82) is 0 Å². The highest BCUT2D eigenvalue weighted by Crippen LogP contribution is 2.03. The van der Waals surface area contributed by atoms with E-state index in [1.54, 1.807) is 23.0 Å². The maximum Gasteiger partial charge on any atom is 0.272 e. The van der Waals surface area contributed by atoms with Gasteiger partial charge < -0.3 is 5.32 Å². The predicted molar refractivity (Wildman–Crippen MR) is 39.2 cm³/mol. The number of hydrogen-bond donors (Lipinski definition) is 3. The number of hydrogen-bond acceptors (Lipinski definition) is 3. The van der Waals surface area contributed by atoms with Gasteiger partial charge in [-0.1, -0.05) is 0 Å². The van der Waals surface area contributed by atoms with Gasteiger partial charge in [-0.15, -0.1) is 0 Å². The van der Waals surface area contributed by atoms with E-state index >= 15 is 0 Å². The summed E-state index contributed by atoms with van der Waals surface area (Å²) < 4.78 is 1.60. The number of amides is 1. The maximum atomic E-state index is 11.1. The first kappa shape index (κ1) is 6.23. The molecule has 0 saturated heterocycles. The standard InChI is InChI=1S/C6H8N4O/c7-6-8-5(11)4-2-1-3-10(4)9-6/h1-3,6,9H,7H2,(H,8,11). The fraction of sp³-hybridized carbons (Fsp3) is 0.167. The number of nitrogens with zero attached hydrogens (tertiary/aromatic N) is 1. The zero-order chi connectivity index (χ0) is 7.84. The van der Waals surface area contributed by atoms with Crippen LogP contribution in [-0.4, -0.2) is 16.9 Å². The largest absolute Gasteiger partial charge is 0.317 e. The second-order valence-corrected chi connectivity index (χ2v) is 2.34. The summed E-state index contributed by atoms with van der Waals surface area (Å²) in [6.45, 7) is 0. The highest BCUT2D eigenvalue weighted by atomic mass is 16.2. The molecule has 1 unspecified atom stereocenters. The lowest BCUT2D eigenvalue weighted by molar-refractivity contribution is 0.0917. The van der Waals surface area contributed by atoms with Gasteiger partial charge in [0.05, 0.1) is 0 Å². The number of rotatable bonds is 0. The molecule has 0 saturated carbocycles. The lowest BCUT2D eigenvalue weighted by atomic mass is 10.4. The summed E-state index contributed by atoms with van der Waals surface area (Å²) in [6, 6.07) is 3.49. The Morgan fingerprint density at radius 2 is 2.45 bits per heavy atom. The van der Waals surface area contributed by atoms with Crippen molar-refractivity contribution >= 4 is 5.91 Å². The second-order valence-electron chi connectivity index (χ2n) is 2.34. The average Bonchev–Trinajstić information content (AvgIpc) is 2.34. The van der Waals surface area contributed by atoms with Crippen molar-refractivity contribution in [2.75, 3.05) is 5.43 Å². The van der Waals surface area contributed by atoms with Gasteiger partial charge in [-0.3, -0.25) is 20.6 Å². The van der Waals surface area contributed by atoms with Crippen molar-refractivity contribution in [1.82, 2.24) is 9.99 Å². The van der Waals surface area contributed by atoms with Crippen molar-refractivity contribution in [2.45, 2.75) is 6.29 Å². The van der Waals surface area contributed by atoms with Crippen molar-refractivity contribution in [3.63, 3.8) is 0 Å². The van der Waals surface area contributed by atoms with E-state index in [2.05, 4.69) is 10.7 Å². The molecule has 0 spiro atoms. The molecule has 0 aromatic carbocycles. The van der Waals surface area contributed by atoms with E-state index in [-0.39, 0.29) is 5.91 Å². The number of carbonyl (C=O) groups excluding carboxylic acids is 1. The molecule has 2 heterocycles. The molecular weight excluding hydrogens is 144 g/mol. The fourth-order valence-corrected chi connectivity index (χ4v) is 1.08. The van der Waals surface area contributed by atoms with Crippen LogP contribution in [0.4, 0.5) is 0 Å². The molecule has 1 aliphatic heterocycles. The lowest BCUT2D eigenvalue weighted by Crippen LogP contribution is -2.55. The highest BCUT2D eigenvalue weighted by Gasteiger charge is 2.19. The number of carbonyl (C=O) groups is 1. The summed E-state index contributed by atoms with van der Waals surface area (Å²) in [5.74, 6) is -0.152. The molecule has 0 aliphatic carbocycles. The van der Waals surface area contributed by atoms with Gasteiger partial charge in [0, 0.05) is 6.20 Å². The molecular formula is C6H8N4O. The molecule has 1 aliphatic rings. The van der Waals surface area contributed by atoms with Crippen LogP contribution in [0.3, 0.4) is 0 Å². The molecule has 11 heavy (non-hydrogen) atoms. The quantitative estimate of drug-likeness (QED) is 0.447. The Hall–Kier alpha value is -1.49. The predicted octanol–water partition coefficient (Wildman–Crippen LogP) is -0.983. The van der Waals surface area contributed by atoms with Crippen LogP contribution < -0.4 is 16.5 Å². The van der Waals surface area contributed by atoms with Crippen LogP contribution in [0.15, 0.2) is 18.3 Å². The molecule has 1 aromatic rings. The number of fused-ring (bicyclic) bond motifs is 1. The average molecular weight is 152 g/mol. The first-order chi connectivity index (χ1) is 5.27. The molecule has 1 aromatic heterocycles. The van der Waals surface area contributed by atoms with Gasteiger partial charge in [-0.25, -0.2) is 0 Å². The summed E-state index contributed by atoms with van der Waals surface area (Å²) >= 11 is 0. The summed E-state index contributed by atoms with van der Waals surface area (Å²) in [5.41, 5.74) is 8.84. The monoisotopic (exact) mass is 152 g/mol. The first-order valence-electron chi connectivity index (χ1n) is 3.28. The minimum absolute atomic E-state index is 0.152. The second kappa shape index (κ2) is 2.00. The van der Waals surface area contributed by atoms with E-state index in [0.717, 1.165) is 0 Å². The molecule has 5 nitrogen and oxygen atoms in total. The molecule has 2 rings (SSSR count). The molecule has 1 amide bonds. The Kier molecular flexibility index (Phi) is 1.13. The van der Waals surface area contributed by atoms with Crippen LogP contribution in [0.1, 0.15) is 10.5 Å². The SMILES string of the molecule is NC1NC(=O)c2cccn2N1.